The molecule has 0 saturated carbocycles. The van der Waals surface area contributed by atoms with Crippen molar-refractivity contribution in [2.75, 3.05) is 0 Å². The number of nitrogens with one attached hydrogen (secondary N) is 1. The minimum Gasteiger partial charge on any atom is -0.208 e. The molecule has 0 radical (unpaired) electrons. The van der Waals surface area contributed by atoms with Crippen LogP contribution < -0.4 is 4.72 Å². The Morgan fingerprint density at radius 2 is 1.61 bits per heavy atom. The lowest BCUT2D eigenvalue weighted by Gasteiger charge is -2.03. The summed E-state index contributed by atoms with van der Waals surface area (Å²) in [6.45, 7) is 2.49. The van der Waals surface area contributed by atoms with Gasteiger partial charge < -0.3 is 0 Å². The summed E-state index contributed by atoms with van der Waals surface area (Å²) in [4.78, 5) is 0. The van der Waals surface area contributed by atoms with E-state index in [1.807, 2.05) is 12.1 Å². The Morgan fingerprint density at radius 1 is 1.00 bits per heavy atom. The van der Waals surface area contributed by atoms with E-state index < -0.39 is 10.0 Å². The van der Waals surface area contributed by atoms with E-state index in [4.69, 9.17) is 11.6 Å². The van der Waals surface area contributed by atoms with E-state index in [0.29, 0.717) is 5.02 Å². The third kappa shape index (κ3) is 10.5. The maximum atomic E-state index is 11.9. The highest BCUT2D eigenvalue weighted by Gasteiger charge is 2.04. The van der Waals surface area contributed by atoms with Crippen molar-refractivity contribution in [1.29, 1.82) is 0 Å². The lowest BCUT2D eigenvalue weighted by molar-refractivity contribution is 0.588. The fourth-order valence-corrected chi connectivity index (χ4v) is 3.23. The van der Waals surface area contributed by atoms with Crippen LogP contribution in [0.15, 0.2) is 35.7 Å². The molecule has 0 spiro atoms. The molecule has 0 amide bonds. The Labute approximate surface area is 146 Å². The monoisotopic (exact) mass is 357 g/mol. The largest absolute Gasteiger partial charge is 0.233 e. The predicted molar refractivity (Wildman–Crippen MR) is 99.0 cm³/mol. The van der Waals surface area contributed by atoms with Crippen LogP contribution in [0, 0.1) is 0 Å². The van der Waals surface area contributed by atoms with E-state index in [2.05, 4.69) is 11.6 Å². The summed E-state index contributed by atoms with van der Waals surface area (Å²) in [5.41, 5.74) is 0.887. The van der Waals surface area contributed by atoms with Crippen molar-refractivity contribution >= 4 is 21.6 Å². The first-order valence-corrected chi connectivity index (χ1v) is 10.4. The molecule has 1 aromatic rings. The van der Waals surface area contributed by atoms with Crippen LogP contribution in [0.1, 0.15) is 63.9 Å². The maximum absolute atomic E-state index is 11.9. The molecule has 5 heteroatoms. The van der Waals surface area contributed by atoms with Crippen molar-refractivity contribution in [1.82, 2.24) is 4.72 Å². The SMILES string of the molecule is CCCCCCCCC/C=C/S(=O)(=O)NCc1ccc(Cl)cc1. The number of sulfonamides is 1. The fourth-order valence-electron chi connectivity index (χ4n) is 2.25. The first-order chi connectivity index (χ1) is 11.0. The fraction of sp³-hybridized carbons (Fsp3) is 0.556. The second-order valence-corrected chi connectivity index (χ2v) is 7.86. The number of hydrogen-bond acceptors (Lipinski definition) is 2. The van der Waals surface area contributed by atoms with Crippen molar-refractivity contribution in [3.63, 3.8) is 0 Å². The van der Waals surface area contributed by atoms with Crippen molar-refractivity contribution in [3.05, 3.63) is 46.3 Å². The van der Waals surface area contributed by atoms with Crippen molar-refractivity contribution < 1.29 is 8.42 Å². The molecule has 0 atom stereocenters. The summed E-state index contributed by atoms with van der Waals surface area (Å²) in [6, 6.07) is 7.13. The Kier molecular flexibility index (Phi) is 10.2. The van der Waals surface area contributed by atoms with Crippen LogP contribution in [0.25, 0.3) is 0 Å². The van der Waals surface area contributed by atoms with Gasteiger partial charge in [-0.15, -0.1) is 0 Å². The summed E-state index contributed by atoms with van der Waals surface area (Å²) in [7, 11) is -3.36. The van der Waals surface area contributed by atoms with Crippen molar-refractivity contribution in [2.45, 2.75) is 64.8 Å². The molecule has 130 valence electrons. The molecule has 0 fully saturated rings. The number of allylic oxidation sites excluding steroid dienone is 1. The van der Waals surface area contributed by atoms with Gasteiger partial charge in [-0.05, 0) is 30.5 Å². The first-order valence-electron chi connectivity index (χ1n) is 8.44. The maximum Gasteiger partial charge on any atom is 0.233 e. The molecule has 1 rings (SSSR count). The van der Waals surface area contributed by atoms with Gasteiger partial charge in [-0.3, -0.25) is 0 Å². The topological polar surface area (TPSA) is 46.2 Å². The van der Waals surface area contributed by atoms with Crippen LogP contribution in [0.4, 0.5) is 0 Å². The van der Waals surface area contributed by atoms with Crippen LogP contribution in [-0.2, 0) is 16.6 Å². The van der Waals surface area contributed by atoms with Gasteiger partial charge in [0.25, 0.3) is 0 Å². The lowest BCUT2D eigenvalue weighted by Crippen LogP contribution is -2.20. The van der Waals surface area contributed by atoms with Gasteiger partial charge in [0.05, 0.1) is 0 Å². The summed E-state index contributed by atoms with van der Waals surface area (Å²) in [6.07, 6.45) is 11.2. The first kappa shape index (κ1) is 20.2. The Balaban J connectivity index is 2.17. The van der Waals surface area contributed by atoms with Gasteiger partial charge in [-0.25, -0.2) is 13.1 Å². The number of benzene rings is 1. The summed E-state index contributed by atoms with van der Waals surface area (Å²) >= 11 is 5.80. The zero-order valence-electron chi connectivity index (χ0n) is 13.9. The number of halogens is 1. The highest BCUT2D eigenvalue weighted by molar-refractivity contribution is 7.92. The third-order valence-corrected chi connectivity index (χ3v) is 4.99. The van der Waals surface area contributed by atoms with Crippen molar-refractivity contribution in [3.8, 4) is 0 Å². The highest BCUT2D eigenvalue weighted by Crippen LogP contribution is 2.10. The summed E-state index contributed by atoms with van der Waals surface area (Å²) in [5, 5.41) is 1.92. The molecular weight excluding hydrogens is 330 g/mol. The van der Waals surface area contributed by atoms with Gasteiger partial charge in [0.15, 0.2) is 0 Å². The average molecular weight is 358 g/mol. The molecule has 0 unspecified atom stereocenters. The van der Waals surface area contributed by atoms with Crippen LogP contribution in [0.3, 0.4) is 0 Å². The quantitative estimate of drug-likeness (QED) is 0.508. The van der Waals surface area contributed by atoms with Crippen LogP contribution in [0.2, 0.25) is 5.02 Å². The minimum absolute atomic E-state index is 0.279. The minimum atomic E-state index is -3.36. The molecule has 0 heterocycles. The Bertz CT molecular complexity index is 553. The standard InChI is InChI=1S/C18H28ClNO2S/c1-2-3-4-5-6-7-8-9-10-15-23(21,22)20-16-17-11-13-18(19)14-12-17/h10-15,20H,2-9,16H2,1H3/b15-10+. The number of unbranched alkanes of at least 4 members (excludes halogenated alkanes) is 7. The van der Waals surface area contributed by atoms with Crippen LogP contribution in [-0.4, -0.2) is 8.42 Å². The zero-order chi connectivity index (χ0) is 17.0. The predicted octanol–water partition coefficient (Wildman–Crippen LogP) is 5.41. The van der Waals surface area contributed by atoms with Gasteiger partial charge >= 0.3 is 0 Å². The molecule has 3 nitrogen and oxygen atoms in total. The number of rotatable bonds is 12. The molecule has 0 aliphatic rings. The molecule has 0 saturated heterocycles. The van der Waals surface area contributed by atoms with Gasteiger partial charge in [0, 0.05) is 17.0 Å². The van der Waals surface area contributed by atoms with E-state index >= 15 is 0 Å². The number of hydrogen-bond donors (Lipinski definition) is 1. The molecule has 0 aliphatic heterocycles. The molecule has 0 aliphatic carbocycles. The lowest BCUT2D eigenvalue weighted by atomic mass is 10.1. The zero-order valence-corrected chi connectivity index (χ0v) is 15.5. The van der Waals surface area contributed by atoms with Crippen molar-refractivity contribution in [2.24, 2.45) is 0 Å². The van der Waals surface area contributed by atoms with E-state index in [1.54, 1.807) is 18.2 Å². The molecule has 1 N–H and O–H groups in total. The normalized spacial score (nSPS) is 12.1. The van der Waals surface area contributed by atoms with Gasteiger partial charge in [0.1, 0.15) is 0 Å². The van der Waals surface area contributed by atoms with Crippen LogP contribution >= 0.6 is 11.6 Å². The van der Waals surface area contributed by atoms with Gasteiger partial charge in [-0.1, -0.05) is 75.3 Å². The molecule has 1 aromatic carbocycles. The Hall–Kier alpha value is -0.840. The highest BCUT2D eigenvalue weighted by atomic mass is 35.5. The average Bonchev–Trinajstić information content (AvgIpc) is 2.53. The molecule has 0 aromatic heterocycles. The van der Waals surface area contributed by atoms with Gasteiger partial charge in [0.2, 0.25) is 10.0 Å². The van der Waals surface area contributed by atoms with E-state index in [1.165, 1.54) is 43.9 Å². The summed E-state index contributed by atoms with van der Waals surface area (Å²) < 4.78 is 26.3. The molecular formula is C18H28ClNO2S. The Morgan fingerprint density at radius 3 is 2.26 bits per heavy atom. The molecule has 23 heavy (non-hydrogen) atoms. The second-order valence-electron chi connectivity index (χ2n) is 5.77. The second kappa shape index (κ2) is 11.7. The smallest absolute Gasteiger partial charge is 0.208 e. The van der Waals surface area contributed by atoms with E-state index in [0.717, 1.165) is 18.4 Å². The van der Waals surface area contributed by atoms with E-state index in [9.17, 15) is 8.42 Å². The summed E-state index contributed by atoms with van der Waals surface area (Å²) in [5.74, 6) is 0. The van der Waals surface area contributed by atoms with Gasteiger partial charge in [-0.2, -0.15) is 0 Å². The molecule has 0 bridgehead atoms. The van der Waals surface area contributed by atoms with Crippen LogP contribution in [0.5, 0.6) is 0 Å². The third-order valence-electron chi connectivity index (χ3n) is 3.64. The van der Waals surface area contributed by atoms with E-state index in [-0.39, 0.29) is 6.54 Å².